The summed E-state index contributed by atoms with van der Waals surface area (Å²) in [6.45, 7) is 0. The molecule has 5 rings (SSSR count). The first kappa shape index (κ1) is 41.2. The number of ketones is 1. The minimum absolute atomic E-state index is 0.159. The Hall–Kier alpha value is -3.53. The van der Waals surface area contributed by atoms with Crippen molar-refractivity contribution in [3.05, 3.63) is 142 Å². The van der Waals surface area contributed by atoms with Gasteiger partial charge in [0.1, 0.15) is 22.2 Å². The Kier molecular flexibility index (Phi) is 11.7. The Labute approximate surface area is 300 Å². The Morgan fingerprint density at radius 1 is 0.673 bits per heavy atom. The number of rotatable bonds is 8. The zero-order chi connectivity index (χ0) is 38.9. The number of hydrogen-bond acceptors (Lipinski definition) is 3. The van der Waals surface area contributed by atoms with Crippen molar-refractivity contribution in [1.82, 2.24) is 0 Å². The quantitative estimate of drug-likeness (QED) is 0.0510. The van der Waals surface area contributed by atoms with Crippen molar-refractivity contribution in [1.29, 1.82) is 0 Å². The first-order valence-corrected chi connectivity index (χ1v) is 22.1. The molecule has 0 aromatic heterocycles. The molecular formula is C33H19ClF13O2S2Sb. The number of carbonyl (C=O) groups is 1. The van der Waals surface area contributed by atoms with Crippen molar-refractivity contribution in [3.8, 4) is 5.75 Å². The molecule has 0 fully saturated rings. The van der Waals surface area contributed by atoms with Crippen LogP contribution in [0.1, 0.15) is 21.5 Å². The standard InChI is InChI=1S/C33H19ClF7O2S2.6FH.Sb/c1-43-21-7-11-24(12-8-21)45(32-29(37)27(35)26(33(39,40)41)28(36)30(32)38)25-13-9-22(10-14-25)44-23-16-19(15-20(34)17-23)31(42)18-5-3-2-4-6-18;;;;;;;/h2-17H,1H3;6*1H;/q+1;;;;;;;+5/p-6. The molecule has 2 nitrogen and oxygen atoms in total. The zero-order valence-electron chi connectivity index (χ0n) is 25.6. The molecule has 0 radical (unpaired) electrons. The Morgan fingerprint density at radius 2 is 1.15 bits per heavy atom. The third-order valence-electron chi connectivity index (χ3n) is 6.47. The summed E-state index contributed by atoms with van der Waals surface area (Å²) >= 11 is -3.74. The van der Waals surface area contributed by atoms with E-state index in [1.54, 1.807) is 54.6 Å². The molecule has 5 aromatic rings. The second kappa shape index (κ2) is 14.7. The number of methoxy groups -OCH3 is 1. The monoisotopic (exact) mass is 914 g/mol. The van der Waals surface area contributed by atoms with Crippen LogP contribution in [-0.4, -0.2) is 32.4 Å². The molecule has 0 amide bonds. The van der Waals surface area contributed by atoms with Gasteiger partial charge in [-0.3, -0.25) is 4.79 Å². The van der Waals surface area contributed by atoms with Crippen molar-refractivity contribution in [2.24, 2.45) is 0 Å². The predicted molar refractivity (Wildman–Crippen MR) is 171 cm³/mol. The topological polar surface area (TPSA) is 26.3 Å². The van der Waals surface area contributed by atoms with E-state index in [1.807, 2.05) is 0 Å². The summed E-state index contributed by atoms with van der Waals surface area (Å²) < 4.78 is 164. The van der Waals surface area contributed by atoms with Gasteiger partial charge in [-0.2, -0.15) is 22.0 Å². The SMILES string of the molecule is COc1ccc([S+](c2ccc(Sc3cc(Cl)cc(C(=O)c4ccccc4)c3)cc2)c2c(F)c(F)c(C(F)(F)F)c(F)c2F)cc1.[F][Sb-]([F])([F])([F])([F])[F]. The van der Waals surface area contributed by atoms with Crippen LogP contribution >= 0.6 is 23.4 Å². The minimum atomic E-state index is -11.2. The van der Waals surface area contributed by atoms with Gasteiger partial charge in [0, 0.05) is 25.9 Å². The fourth-order valence-electron chi connectivity index (χ4n) is 4.41. The molecule has 5 aromatic carbocycles. The molecule has 52 heavy (non-hydrogen) atoms. The van der Waals surface area contributed by atoms with Gasteiger partial charge in [0.2, 0.25) is 16.5 Å². The van der Waals surface area contributed by atoms with E-state index in [0.29, 0.717) is 31.7 Å². The number of carbonyl (C=O) groups excluding carboxylic acids is 1. The summed E-state index contributed by atoms with van der Waals surface area (Å²) in [6, 6.07) is 25.1. The van der Waals surface area contributed by atoms with Gasteiger partial charge >= 0.3 is 42.5 Å². The van der Waals surface area contributed by atoms with Crippen LogP contribution < -0.4 is 4.74 Å². The van der Waals surface area contributed by atoms with Gasteiger partial charge in [0.05, 0.1) is 7.11 Å². The van der Waals surface area contributed by atoms with E-state index >= 15 is 8.78 Å². The molecule has 1 unspecified atom stereocenters. The van der Waals surface area contributed by atoms with Crippen molar-refractivity contribution in [2.75, 3.05) is 7.11 Å². The normalized spacial score (nSPS) is 13.7. The van der Waals surface area contributed by atoms with Gasteiger partial charge in [-0.25, -0.2) is 8.78 Å². The number of alkyl halides is 3. The number of halogens is 14. The van der Waals surface area contributed by atoms with Gasteiger partial charge in [-0.1, -0.05) is 53.7 Å². The second-order valence-electron chi connectivity index (χ2n) is 10.3. The van der Waals surface area contributed by atoms with Gasteiger partial charge in [-0.05, 0) is 66.7 Å². The summed E-state index contributed by atoms with van der Waals surface area (Å²) in [6.07, 6.45) is -5.67. The summed E-state index contributed by atoms with van der Waals surface area (Å²) in [5.41, 5.74) is -1.81. The predicted octanol–water partition coefficient (Wildman–Crippen LogP) is 12.5. The van der Waals surface area contributed by atoms with Crippen LogP contribution in [0, 0.1) is 23.3 Å². The summed E-state index contributed by atoms with van der Waals surface area (Å²) in [4.78, 5) is 13.3. The summed E-state index contributed by atoms with van der Waals surface area (Å²) in [5, 5.41) is 0.314. The fourth-order valence-corrected chi connectivity index (χ4v) is 7.73. The van der Waals surface area contributed by atoms with Crippen LogP contribution in [0.2, 0.25) is 5.02 Å². The molecular weight excluding hydrogens is 897 g/mol. The van der Waals surface area contributed by atoms with E-state index in [9.17, 15) is 43.6 Å². The average Bonchev–Trinajstić information content (AvgIpc) is 3.04. The molecule has 0 bridgehead atoms. The fraction of sp³-hybridized carbons (Fsp3) is 0.0606. The van der Waals surface area contributed by atoms with Crippen molar-refractivity contribution < 1.29 is 57.1 Å². The van der Waals surface area contributed by atoms with E-state index in [1.165, 1.54) is 61.3 Å². The third-order valence-corrected chi connectivity index (χ3v) is 9.92. The number of hydrogen-bond donors (Lipinski definition) is 0. The maximum atomic E-state index is 15.3. The van der Waals surface area contributed by atoms with E-state index in [-0.39, 0.29) is 15.6 Å². The number of benzene rings is 5. The van der Waals surface area contributed by atoms with Crippen LogP contribution in [-0.2, 0) is 17.1 Å². The van der Waals surface area contributed by atoms with Crippen LogP contribution in [0.5, 0.6) is 5.75 Å². The molecule has 0 aliphatic heterocycles. The van der Waals surface area contributed by atoms with Crippen LogP contribution in [0.3, 0.4) is 0 Å². The zero-order valence-corrected chi connectivity index (χ0v) is 30.6. The van der Waals surface area contributed by atoms with Crippen LogP contribution in [0.25, 0.3) is 0 Å². The summed E-state index contributed by atoms with van der Waals surface area (Å²) in [7, 11) is -0.541. The molecule has 0 saturated carbocycles. The van der Waals surface area contributed by atoms with Crippen molar-refractivity contribution in [2.45, 2.75) is 30.7 Å². The Bertz CT molecular complexity index is 2060. The van der Waals surface area contributed by atoms with Crippen LogP contribution in [0.15, 0.2) is 122 Å². The van der Waals surface area contributed by atoms with Crippen molar-refractivity contribution >= 4 is 59.5 Å². The van der Waals surface area contributed by atoms with Gasteiger partial charge in [0.25, 0.3) is 0 Å². The van der Waals surface area contributed by atoms with Crippen molar-refractivity contribution in [3.63, 3.8) is 0 Å². The Balaban J connectivity index is 0.000000785. The van der Waals surface area contributed by atoms with Crippen LogP contribution in [0.4, 0.5) is 47.6 Å². The van der Waals surface area contributed by atoms with E-state index in [4.69, 9.17) is 16.3 Å². The van der Waals surface area contributed by atoms with E-state index in [0.717, 1.165) is 0 Å². The summed E-state index contributed by atoms with van der Waals surface area (Å²) in [5.74, 6) is -9.22. The average molecular weight is 916 g/mol. The molecule has 19 heteroatoms. The first-order valence-electron chi connectivity index (χ1n) is 13.9. The molecule has 1 atom stereocenters. The maximum absolute atomic E-state index is 15.3. The van der Waals surface area contributed by atoms with Gasteiger partial charge in [0.15, 0.2) is 27.2 Å². The Morgan fingerprint density at radius 3 is 1.62 bits per heavy atom. The second-order valence-corrected chi connectivity index (χ2v) is 19.4. The molecule has 0 N–H and O–H groups in total. The number of ether oxygens (including phenoxy) is 1. The van der Waals surface area contributed by atoms with Gasteiger partial charge in [-0.15, -0.1) is 0 Å². The molecule has 0 saturated heterocycles. The third kappa shape index (κ3) is 11.2. The van der Waals surface area contributed by atoms with E-state index < -0.39 is 70.3 Å². The molecule has 0 aliphatic rings. The van der Waals surface area contributed by atoms with E-state index in [2.05, 4.69) is 0 Å². The molecule has 0 spiro atoms. The molecule has 278 valence electrons. The first-order chi connectivity index (χ1) is 23.8. The molecule has 0 heterocycles. The van der Waals surface area contributed by atoms with Gasteiger partial charge < -0.3 is 4.74 Å². The molecule has 0 aliphatic carbocycles.